The molecule has 0 bridgehead atoms. The van der Waals surface area contributed by atoms with Crippen LogP contribution in [0, 0.1) is 0 Å². The van der Waals surface area contributed by atoms with E-state index < -0.39 is 11.9 Å². The zero-order chi connectivity index (χ0) is 18.1. The number of hydrogen-bond acceptors (Lipinski definition) is 5. The standard InChI is InChI=1S/C18H16N6O2/c1-11-17(26)24(12-7-3-2-4-8-12)23-15(19-11)16(25)22-18-20-13-9-5-6-10-14(13)21-18/h2-11H,1H3,(H,19,23)(H2,20,21,22,25). The SMILES string of the molecule is CC1N=C(C(=O)Nc2nc3ccccc3[nH]2)NN(c2ccccc2)C1=O. The fourth-order valence-corrected chi connectivity index (χ4v) is 2.68. The van der Waals surface area contributed by atoms with E-state index in [-0.39, 0.29) is 11.7 Å². The van der Waals surface area contributed by atoms with E-state index in [4.69, 9.17) is 0 Å². The third-order valence-corrected chi connectivity index (χ3v) is 3.97. The maximum absolute atomic E-state index is 12.6. The summed E-state index contributed by atoms with van der Waals surface area (Å²) in [7, 11) is 0. The maximum atomic E-state index is 12.6. The van der Waals surface area contributed by atoms with Crippen LogP contribution in [-0.2, 0) is 9.59 Å². The molecule has 1 aliphatic rings. The predicted molar refractivity (Wildman–Crippen MR) is 98.7 cm³/mol. The van der Waals surface area contributed by atoms with Gasteiger partial charge in [-0.05, 0) is 31.2 Å². The number of nitrogens with zero attached hydrogens (tertiary/aromatic N) is 3. The Bertz CT molecular complexity index is 978. The molecule has 0 saturated carbocycles. The summed E-state index contributed by atoms with van der Waals surface area (Å²) in [4.78, 5) is 36.4. The number of hydrogen-bond donors (Lipinski definition) is 3. The molecule has 2 amide bonds. The van der Waals surface area contributed by atoms with Crippen LogP contribution in [0.25, 0.3) is 11.0 Å². The average Bonchev–Trinajstić information content (AvgIpc) is 3.06. The van der Waals surface area contributed by atoms with Crippen LogP contribution >= 0.6 is 0 Å². The van der Waals surface area contributed by atoms with Crippen molar-refractivity contribution >= 4 is 40.3 Å². The number of nitrogens with one attached hydrogen (secondary N) is 3. The molecule has 26 heavy (non-hydrogen) atoms. The molecule has 1 aromatic heterocycles. The molecule has 130 valence electrons. The van der Waals surface area contributed by atoms with E-state index in [9.17, 15) is 9.59 Å². The molecule has 0 spiro atoms. The number of aromatic nitrogens is 2. The molecule has 1 aliphatic heterocycles. The van der Waals surface area contributed by atoms with E-state index in [1.54, 1.807) is 19.1 Å². The first-order valence-electron chi connectivity index (χ1n) is 8.11. The molecule has 0 saturated heterocycles. The van der Waals surface area contributed by atoms with Crippen molar-refractivity contribution in [3.05, 3.63) is 54.6 Å². The van der Waals surface area contributed by atoms with Crippen LogP contribution in [0.5, 0.6) is 0 Å². The number of imidazole rings is 1. The molecule has 0 fully saturated rings. The molecule has 1 unspecified atom stereocenters. The van der Waals surface area contributed by atoms with Gasteiger partial charge in [-0.25, -0.2) is 15.0 Å². The quantitative estimate of drug-likeness (QED) is 0.672. The molecule has 0 aliphatic carbocycles. The van der Waals surface area contributed by atoms with Crippen molar-refractivity contribution in [1.82, 2.24) is 15.4 Å². The Balaban J connectivity index is 1.57. The highest BCUT2D eigenvalue weighted by Gasteiger charge is 2.30. The van der Waals surface area contributed by atoms with Crippen LogP contribution in [-0.4, -0.2) is 33.7 Å². The van der Waals surface area contributed by atoms with Crippen molar-refractivity contribution in [3.63, 3.8) is 0 Å². The molecular weight excluding hydrogens is 332 g/mol. The van der Waals surface area contributed by atoms with E-state index >= 15 is 0 Å². The van der Waals surface area contributed by atoms with Crippen LogP contribution in [0.2, 0.25) is 0 Å². The number of aliphatic imine (C=N–C) groups is 1. The highest BCUT2D eigenvalue weighted by molar-refractivity contribution is 6.43. The number of rotatable bonds is 3. The summed E-state index contributed by atoms with van der Waals surface area (Å²) in [5.41, 5.74) is 4.98. The number of fused-ring (bicyclic) bond motifs is 1. The summed E-state index contributed by atoms with van der Waals surface area (Å²) < 4.78 is 0. The van der Waals surface area contributed by atoms with Crippen LogP contribution < -0.4 is 15.8 Å². The van der Waals surface area contributed by atoms with E-state index in [0.29, 0.717) is 11.6 Å². The van der Waals surface area contributed by atoms with Gasteiger partial charge in [-0.15, -0.1) is 0 Å². The number of hydrazine groups is 1. The Morgan fingerprint density at radius 1 is 1.12 bits per heavy atom. The largest absolute Gasteiger partial charge is 0.324 e. The predicted octanol–water partition coefficient (Wildman–Crippen LogP) is 1.84. The summed E-state index contributed by atoms with van der Waals surface area (Å²) >= 11 is 0. The second-order valence-corrected chi connectivity index (χ2v) is 5.83. The molecule has 2 aromatic carbocycles. The number of carbonyl (C=O) groups is 2. The molecule has 8 heteroatoms. The van der Waals surface area contributed by atoms with Gasteiger partial charge in [0.15, 0.2) is 0 Å². The third kappa shape index (κ3) is 2.88. The Hall–Kier alpha value is -3.68. The summed E-state index contributed by atoms with van der Waals surface area (Å²) in [6, 6.07) is 15.8. The number of amidine groups is 1. The van der Waals surface area contributed by atoms with Gasteiger partial charge in [0.25, 0.3) is 11.8 Å². The monoisotopic (exact) mass is 348 g/mol. The van der Waals surface area contributed by atoms with Gasteiger partial charge in [-0.2, -0.15) is 0 Å². The van der Waals surface area contributed by atoms with Crippen molar-refractivity contribution in [3.8, 4) is 0 Å². The zero-order valence-electron chi connectivity index (χ0n) is 13.9. The molecule has 4 rings (SSSR count). The number of aromatic amines is 1. The van der Waals surface area contributed by atoms with Crippen LogP contribution in [0.3, 0.4) is 0 Å². The van der Waals surface area contributed by atoms with Gasteiger partial charge in [0.2, 0.25) is 11.8 Å². The van der Waals surface area contributed by atoms with Crippen molar-refractivity contribution in [2.24, 2.45) is 4.99 Å². The van der Waals surface area contributed by atoms with Crippen LogP contribution in [0.1, 0.15) is 6.92 Å². The van der Waals surface area contributed by atoms with Crippen molar-refractivity contribution < 1.29 is 9.59 Å². The second-order valence-electron chi connectivity index (χ2n) is 5.83. The van der Waals surface area contributed by atoms with Crippen LogP contribution in [0.15, 0.2) is 59.6 Å². The number of carbonyl (C=O) groups excluding carboxylic acids is 2. The Kier molecular flexibility index (Phi) is 3.85. The minimum atomic E-state index is -0.673. The average molecular weight is 348 g/mol. The number of benzene rings is 2. The van der Waals surface area contributed by atoms with Gasteiger partial charge < -0.3 is 4.98 Å². The molecule has 8 nitrogen and oxygen atoms in total. The Morgan fingerprint density at radius 2 is 1.85 bits per heavy atom. The van der Waals surface area contributed by atoms with Crippen LogP contribution in [0.4, 0.5) is 11.6 Å². The lowest BCUT2D eigenvalue weighted by atomic mass is 10.2. The zero-order valence-corrected chi connectivity index (χ0v) is 13.9. The lowest BCUT2D eigenvalue weighted by Crippen LogP contribution is -2.57. The first kappa shape index (κ1) is 15.8. The maximum Gasteiger partial charge on any atom is 0.294 e. The summed E-state index contributed by atoms with van der Waals surface area (Å²) in [6.45, 7) is 1.65. The van der Waals surface area contributed by atoms with Gasteiger partial charge in [0, 0.05) is 0 Å². The van der Waals surface area contributed by atoms with E-state index in [2.05, 4.69) is 25.7 Å². The highest BCUT2D eigenvalue weighted by atomic mass is 16.2. The topological polar surface area (TPSA) is 102 Å². The van der Waals surface area contributed by atoms with Crippen molar-refractivity contribution in [2.75, 3.05) is 10.3 Å². The Morgan fingerprint density at radius 3 is 2.62 bits per heavy atom. The number of para-hydroxylation sites is 3. The minimum Gasteiger partial charge on any atom is -0.324 e. The minimum absolute atomic E-state index is 0.0430. The number of amides is 2. The summed E-state index contributed by atoms with van der Waals surface area (Å²) in [5, 5.41) is 4.00. The third-order valence-electron chi connectivity index (χ3n) is 3.97. The fraction of sp³-hybridized carbons (Fsp3) is 0.111. The molecule has 3 N–H and O–H groups in total. The Labute approximate surface area is 148 Å². The normalized spacial score (nSPS) is 17.0. The van der Waals surface area contributed by atoms with E-state index in [0.717, 1.165) is 11.0 Å². The smallest absolute Gasteiger partial charge is 0.294 e. The van der Waals surface area contributed by atoms with E-state index in [1.165, 1.54) is 5.01 Å². The van der Waals surface area contributed by atoms with Gasteiger partial charge in [0.1, 0.15) is 6.04 Å². The fourth-order valence-electron chi connectivity index (χ4n) is 2.68. The van der Waals surface area contributed by atoms with Crippen molar-refractivity contribution in [2.45, 2.75) is 13.0 Å². The first-order valence-corrected chi connectivity index (χ1v) is 8.11. The lowest BCUT2D eigenvalue weighted by Gasteiger charge is -2.30. The molecule has 2 heterocycles. The molecule has 1 atom stereocenters. The second kappa shape index (κ2) is 6.32. The number of H-pyrrole nitrogens is 1. The molecule has 0 radical (unpaired) electrons. The van der Waals surface area contributed by atoms with E-state index in [1.807, 2.05) is 42.5 Å². The summed E-state index contributed by atoms with van der Waals surface area (Å²) in [5.74, 6) is -0.362. The number of anilines is 2. The first-order chi connectivity index (χ1) is 12.6. The molecule has 3 aromatic rings. The van der Waals surface area contributed by atoms with Gasteiger partial charge in [0.05, 0.1) is 16.7 Å². The van der Waals surface area contributed by atoms with Gasteiger partial charge in [-0.3, -0.25) is 20.3 Å². The van der Waals surface area contributed by atoms with Gasteiger partial charge in [-0.1, -0.05) is 30.3 Å². The summed E-state index contributed by atoms with van der Waals surface area (Å²) in [6.07, 6.45) is 0. The van der Waals surface area contributed by atoms with Gasteiger partial charge >= 0.3 is 0 Å². The lowest BCUT2D eigenvalue weighted by molar-refractivity contribution is -0.120. The highest BCUT2D eigenvalue weighted by Crippen LogP contribution is 2.17. The van der Waals surface area contributed by atoms with Crippen molar-refractivity contribution in [1.29, 1.82) is 0 Å². The molecular formula is C18H16N6O2.